The van der Waals surface area contributed by atoms with Gasteiger partial charge in [0.25, 0.3) is 0 Å². The SMILES string of the molecule is CN1CCN([C@@H]2CCCO2)CC1. The highest BCUT2D eigenvalue weighted by Gasteiger charge is 2.25. The second kappa shape index (κ2) is 3.73. The molecule has 0 bridgehead atoms. The maximum atomic E-state index is 5.64. The van der Waals surface area contributed by atoms with Crippen molar-refractivity contribution >= 4 is 0 Å². The van der Waals surface area contributed by atoms with Crippen molar-refractivity contribution in [2.24, 2.45) is 0 Å². The van der Waals surface area contributed by atoms with Crippen molar-refractivity contribution in [1.29, 1.82) is 0 Å². The van der Waals surface area contributed by atoms with Crippen LogP contribution < -0.4 is 0 Å². The van der Waals surface area contributed by atoms with Crippen LogP contribution in [0.5, 0.6) is 0 Å². The summed E-state index contributed by atoms with van der Waals surface area (Å²) in [7, 11) is 2.19. The van der Waals surface area contributed by atoms with Crippen LogP contribution in [-0.2, 0) is 4.74 Å². The first kappa shape index (κ1) is 8.48. The lowest BCUT2D eigenvalue weighted by molar-refractivity contribution is -0.0389. The molecule has 12 heavy (non-hydrogen) atoms. The Kier molecular flexibility index (Phi) is 2.63. The molecule has 1 atom stereocenters. The van der Waals surface area contributed by atoms with Gasteiger partial charge in [0.1, 0.15) is 6.23 Å². The molecule has 2 heterocycles. The summed E-state index contributed by atoms with van der Waals surface area (Å²) in [6.45, 7) is 5.72. The van der Waals surface area contributed by atoms with E-state index in [4.69, 9.17) is 4.74 Å². The van der Waals surface area contributed by atoms with Gasteiger partial charge in [-0.1, -0.05) is 0 Å². The Morgan fingerprint density at radius 1 is 1.17 bits per heavy atom. The van der Waals surface area contributed by atoms with Crippen LogP contribution in [0, 0.1) is 0 Å². The fraction of sp³-hybridized carbons (Fsp3) is 1.00. The van der Waals surface area contributed by atoms with E-state index in [-0.39, 0.29) is 0 Å². The Labute approximate surface area is 74.3 Å². The van der Waals surface area contributed by atoms with Crippen LogP contribution in [0.25, 0.3) is 0 Å². The summed E-state index contributed by atoms with van der Waals surface area (Å²) in [6.07, 6.45) is 2.93. The Hall–Kier alpha value is -0.120. The van der Waals surface area contributed by atoms with E-state index in [1.807, 2.05) is 0 Å². The molecule has 2 aliphatic rings. The zero-order valence-electron chi connectivity index (χ0n) is 7.83. The molecular weight excluding hydrogens is 152 g/mol. The van der Waals surface area contributed by atoms with Crippen molar-refractivity contribution < 1.29 is 4.74 Å². The molecule has 2 saturated heterocycles. The third-order valence-corrected chi connectivity index (χ3v) is 2.85. The summed E-state index contributed by atoms with van der Waals surface area (Å²) in [5, 5.41) is 0. The number of rotatable bonds is 1. The number of hydrogen-bond acceptors (Lipinski definition) is 3. The van der Waals surface area contributed by atoms with Gasteiger partial charge >= 0.3 is 0 Å². The van der Waals surface area contributed by atoms with Crippen LogP contribution in [0.15, 0.2) is 0 Å². The molecule has 0 aromatic heterocycles. The van der Waals surface area contributed by atoms with E-state index in [1.54, 1.807) is 0 Å². The largest absolute Gasteiger partial charge is 0.363 e. The van der Waals surface area contributed by atoms with Crippen LogP contribution >= 0.6 is 0 Å². The molecule has 2 aliphatic heterocycles. The molecule has 70 valence electrons. The van der Waals surface area contributed by atoms with E-state index in [1.165, 1.54) is 39.0 Å². The van der Waals surface area contributed by atoms with E-state index in [0.29, 0.717) is 6.23 Å². The molecule has 0 spiro atoms. The highest BCUT2D eigenvalue weighted by molar-refractivity contribution is 4.74. The summed E-state index contributed by atoms with van der Waals surface area (Å²) >= 11 is 0. The molecule has 0 N–H and O–H groups in total. The summed E-state index contributed by atoms with van der Waals surface area (Å²) in [6, 6.07) is 0. The molecule has 2 rings (SSSR count). The predicted molar refractivity (Wildman–Crippen MR) is 48.0 cm³/mol. The Morgan fingerprint density at radius 2 is 1.92 bits per heavy atom. The fourth-order valence-corrected chi connectivity index (χ4v) is 1.96. The van der Waals surface area contributed by atoms with Crippen molar-refractivity contribution in [2.45, 2.75) is 19.1 Å². The van der Waals surface area contributed by atoms with E-state index in [9.17, 15) is 0 Å². The summed E-state index contributed by atoms with van der Waals surface area (Å²) < 4.78 is 5.64. The second-order valence-corrected chi connectivity index (χ2v) is 3.81. The Balaban J connectivity index is 1.80. The number of piperazine rings is 1. The van der Waals surface area contributed by atoms with Crippen molar-refractivity contribution in [2.75, 3.05) is 39.8 Å². The zero-order chi connectivity index (χ0) is 8.39. The molecule has 0 radical (unpaired) electrons. The van der Waals surface area contributed by atoms with Gasteiger partial charge in [0.05, 0.1) is 0 Å². The molecule has 0 saturated carbocycles. The van der Waals surface area contributed by atoms with Gasteiger partial charge in [0.15, 0.2) is 0 Å². The highest BCUT2D eigenvalue weighted by Crippen LogP contribution is 2.17. The first-order valence-electron chi connectivity index (χ1n) is 4.90. The molecule has 0 unspecified atom stereocenters. The minimum absolute atomic E-state index is 0.443. The van der Waals surface area contributed by atoms with Crippen LogP contribution in [0.1, 0.15) is 12.8 Å². The lowest BCUT2D eigenvalue weighted by Crippen LogP contribution is -2.48. The molecule has 3 nitrogen and oxygen atoms in total. The lowest BCUT2D eigenvalue weighted by Gasteiger charge is -2.35. The van der Waals surface area contributed by atoms with Crippen LogP contribution in [-0.4, -0.2) is 55.9 Å². The average Bonchev–Trinajstić information content (AvgIpc) is 2.58. The van der Waals surface area contributed by atoms with E-state index in [2.05, 4.69) is 16.8 Å². The number of nitrogens with zero attached hydrogens (tertiary/aromatic N) is 2. The maximum absolute atomic E-state index is 5.64. The van der Waals surface area contributed by atoms with E-state index >= 15 is 0 Å². The van der Waals surface area contributed by atoms with Crippen LogP contribution in [0.2, 0.25) is 0 Å². The van der Waals surface area contributed by atoms with Gasteiger partial charge in [0, 0.05) is 32.8 Å². The van der Waals surface area contributed by atoms with Crippen LogP contribution in [0.3, 0.4) is 0 Å². The van der Waals surface area contributed by atoms with Gasteiger partial charge < -0.3 is 9.64 Å². The average molecular weight is 170 g/mol. The van der Waals surface area contributed by atoms with Crippen molar-refractivity contribution in [3.05, 3.63) is 0 Å². The van der Waals surface area contributed by atoms with Gasteiger partial charge in [-0.15, -0.1) is 0 Å². The van der Waals surface area contributed by atoms with Crippen molar-refractivity contribution in [3.8, 4) is 0 Å². The summed E-state index contributed by atoms with van der Waals surface area (Å²) in [5.41, 5.74) is 0. The van der Waals surface area contributed by atoms with Crippen LogP contribution in [0.4, 0.5) is 0 Å². The molecule has 3 heteroatoms. The Morgan fingerprint density at radius 3 is 2.50 bits per heavy atom. The monoisotopic (exact) mass is 170 g/mol. The molecule has 0 aromatic carbocycles. The zero-order valence-corrected chi connectivity index (χ0v) is 7.83. The lowest BCUT2D eigenvalue weighted by atomic mass is 10.2. The second-order valence-electron chi connectivity index (χ2n) is 3.81. The third-order valence-electron chi connectivity index (χ3n) is 2.85. The molecule has 0 aromatic rings. The first-order valence-corrected chi connectivity index (χ1v) is 4.90. The number of hydrogen-bond donors (Lipinski definition) is 0. The van der Waals surface area contributed by atoms with Gasteiger partial charge in [-0.25, -0.2) is 0 Å². The minimum atomic E-state index is 0.443. The molecule has 0 aliphatic carbocycles. The van der Waals surface area contributed by atoms with Gasteiger partial charge in [-0.05, 0) is 19.9 Å². The van der Waals surface area contributed by atoms with E-state index < -0.39 is 0 Å². The van der Waals surface area contributed by atoms with Crippen molar-refractivity contribution in [3.63, 3.8) is 0 Å². The maximum Gasteiger partial charge on any atom is 0.110 e. The summed E-state index contributed by atoms with van der Waals surface area (Å²) in [5.74, 6) is 0. The topological polar surface area (TPSA) is 15.7 Å². The van der Waals surface area contributed by atoms with Crippen molar-refractivity contribution in [1.82, 2.24) is 9.80 Å². The fourth-order valence-electron chi connectivity index (χ4n) is 1.96. The standard InChI is InChI=1S/C9H18N2O/c1-10-4-6-11(7-5-10)9-3-2-8-12-9/h9H,2-8H2,1H3/t9-/m0/s1. The van der Waals surface area contributed by atoms with Gasteiger partial charge in [-0.3, -0.25) is 4.90 Å². The van der Waals surface area contributed by atoms with E-state index in [0.717, 1.165) is 6.61 Å². The third kappa shape index (κ3) is 1.79. The number of ether oxygens (including phenoxy) is 1. The predicted octanol–water partition coefficient (Wildman–Crippen LogP) is 0.370. The van der Waals surface area contributed by atoms with Gasteiger partial charge in [-0.2, -0.15) is 0 Å². The smallest absolute Gasteiger partial charge is 0.110 e. The normalized spacial score (nSPS) is 34.2. The Bertz CT molecular complexity index is 137. The highest BCUT2D eigenvalue weighted by atomic mass is 16.5. The summed E-state index contributed by atoms with van der Waals surface area (Å²) in [4.78, 5) is 4.86. The molecular formula is C9H18N2O. The quantitative estimate of drug-likeness (QED) is 0.565. The minimum Gasteiger partial charge on any atom is -0.363 e. The first-order chi connectivity index (χ1) is 5.86. The number of likely N-dealkylation sites (N-methyl/N-ethyl adjacent to an activating group) is 1. The molecule has 2 fully saturated rings. The molecule has 0 amide bonds. The van der Waals surface area contributed by atoms with Gasteiger partial charge in [0.2, 0.25) is 0 Å².